The maximum atomic E-state index is 13.1. The Labute approximate surface area is 166 Å². The van der Waals surface area contributed by atoms with Crippen LogP contribution in [-0.2, 0) is 10.1 Å². The Kier molecular flexibility index (Phi) is 4.68. The van der Waals surface area contributed by atoms with Gasteiger partial charge in [0.2, 0.25) is 0 Å². The highest BCUT2D eigenvalue weighted by Gasteiger charge is 2.19. The molecular weight excluding hydrogens is 395 g/mol. The number of hydrogen-bond acceptors (Lipinski definition) is 5. The van der Waals surface area contributed by atoms with Crippen molar-refractivity contribution in [3.8, 4) is 16.9 Å². The first-order valence-corrected chi connectivity index (χ1v) is 10.1. The minimum absolute atomic E-state index is 0.0535. The van der Waals surface area contributed by atoms with Crippen LogP contribution in [0.5, 0.6) is 5.75 Å². The highest BCUT2D eigenvalue weighted by Crippen LogP contribution is 2.30. The van der Waals surface area contributed by atoms with E-state index in [1.807, 2.05) is 18.2 Å². The lowest BCUT2D eigenvalue weighted by atomic mass is 10.00. The zero-order chi connectivity index (χ0) is 20.6. The van der Waals surface area contributed by atoms with Crippen LogP contribution in [-0.4, -0.2) is 8.42 Å². The number of hydrogen-bond donors (Lipinski definition) is 0. The highest BCUT2D eigenvalue weighted by atomic mass is 32.2. The second-order valence-electron chi connectivity index (χ2n) is 6.40. The van der Waals surface area contributed by atoms with Crippen LogP contribution >= 0.6 is 0 Å². The number of benzene rings is 3. The monoisotopic (exact) mass is 410 g/mol. The van der Waals surface area contributed by atoms with Crippen LogP contribution in [0.4, 0.5) is 4.39 Å². The third kappa shape index (κ3) is 3.64. The molecule has 29 heavy (non-hydrogen) atoms. The maximum Gasteiger partial charge on any atom is 0.344 e. The van der Waals surface area contributed by atoms with E-state index in [0.29, 0.717) is 27.7 Å². The van der Waals surface area contributed by atoms with Gasteiger partial charge < -0.3 is 8.60 Å². The van der Waals surface area contributed by atoms with Crippen LogP contribution in [0.1, 0.15) is 5.56 Å². The number of fused-ring (bicyclic) bond motifs is 1. The average molecular weight is 410 g/mol. The third-order valence-electron chi connectivity index (χ3n) is 4.51. The van der Waals surface area contributed by atoms with E-state index >= 15 is 0 Å². The van der Waals surface area contributed by atoms with Crippen LogP contribution < -0.4 is 9.81 Å². The van der Waals surface area contributed by atoms with E-state index in [4.69, 9.17) is 8.60 Å². The summed E-state index contributed by atoms with van der Waals surface area (Å²) in [7, 11) is -4.14. The Balaban J connectivity index is 1.80. The predicted octanol–water partition coefficient (Wildman–Crippen LogP) is 4.68. The molecule has 0 saturated carbocycles. The summed E-state index contributed by atoms with van der Waals surface area (Å²) in [6.45, 7) is 1.76. The summed E-state index contributed by atoms with van der Waals surface area (Å²) in [5.74, 6) is -0.494. The summed E-state index contributed by atoms with van der Waals surface area (Å²) >= 11 is 0. The molecule has 7 heteroatoms. The zero-order valence-electron chi connectivity index (χ0n) is 15.3. The number of aryl methyl sites for hydroxylation is 1. The largest absolute Gasteiger partial charge is 0.422 e. The molecule has 0 aliphatic carbocycles. The van der Waals surface area contributed by atoms with E-state index < -0.39 is 21.6 Å². The van der Waals surface area contributed by atoms with Crippen LogP contribution in [0.25, 0.3) is 22.1 Å². The lowest BCUT2D eigenvalue weighted by Gasteiger charge is -2.11. The normalized spacial score (nSPS) is 11.5. The molecular formula is C22H15FO5S. The molecule has 5 nitrogen and oxygen atoms in total. The quantitative estimate of drug-likeness (QED) is 0.361. The van der Waals surface area contributed by atoms with E-state index in [2.05, 4.69) is 0 Å². The van der Waals surface area contributed by atoms with E-state index in [9.17, 15) is 17.6 Å². The fourth-order valence-electron chi connectivity index (χ4n) is 3.10. The molecule has 3 aromatic carbocycles. The number of rotatable bonds is 4. The average Bonchev–Trinajstić information content (AvgIpc) is 2.69. The van der Waals surface area contributed by atoms with E-state index in [0.717, 1.165) is 24.3 Å². The van der Waals surface area contributed by atoms with Crippen molar-refractivity contribution in [3.63, 3.8) is 0 Å². The van der Waals surface area contributed by atoms with Crippen molar-refractivity contribution in [1.29, 1.82) is 0 Å². The molecule has 4 aromatic rings. The van der Waals surface area contributed by atoms with Crippen molar-refractivity contribution in [2.24, 2.45) is 0 Å². The van der Waals surface area contributed by atoms with Gasteiger partial charge in [-0.25, -0.2) is 9.18 Å². The van der Waals surface area contributed by atoms with Crippen molar-refractivity contribution in [2.45, 2.75) is 11.8 Å². The molecule has 4 rings (SSSR count). The Morgan fingerprint density at radius 3 is 2.31 bits per heavy atom. The zero-order valence-corrected chi connectivity index (χ0v) is 16.1. The summed E-state index contributed by atoms with van der Waals surface area (Å²) in [6, 6.07) is 17.8. The van der Waals surface area contributed by atoms with Gasteiger partial charge in [0.25, 0.3) is 0 Å². The second-order valence-corrected chi connectivity index (χ2v) is 7.95. The van der Waals surface area contributed by atoms with E-state index in [1.165, 1.54) is 18.2 Å². The molecule has 0 fully saturated rings. The Morgan fingerprint density at radius 2 is 1.62 bits per heavy atom. The van der Waals surface area contributed by atoms with Crippen molar-refractivity contribution in [2.75, 3.05) is 0 Å². The maximum absolute atomic E-state index is 13.1. The van der Waals surface area contributed by atoms with Gasteiger partial charge >= 0.3 is 15.7 Å². The molecule has 0 aliphatic heterocycles. The molecule has 1 aromatic heterocycles. The second kappa shape index (κ2) is 7.18. The van der Waals surface area contributed by atoms with Gasteiger partial charge in [0.05, 0.1) is 5.56 Å². The Bertz CT molecular complexity index is 1360. The third-order valence-corrected chi connectivity index (χ3v) is 5.77. The van der Waals surface area contributed by atoms with Crippen molar-refractivity contribution >= 4 is 21.1 Å². The predicted molar refractivity (Wildman–Crippen MR) is 107 cm³/mol. The van der Waals surface area contributed by atoms with E-state index in [1.54, 1.807) is 19.1 Å². The molecule has 0 saturated heterocycles. The van der Waals surface area contributed by atoms with Gasteiger partial charge in [-0.1, -0.05) is 30.3 Å². The Hall–Kier alpha value is -3.45. The van der Waals surface area contributed by atoms with Crippen LogP contribution in [0.2, 0.25) is 0 Å². The fraction of sp³-hybridized carbons (Fsp3) is 0.0455. The highest BCUT2D eigenvalue weighted by molar-refractivity contribution is 7.87. The minimum atomic E-state index is -4.14. The summed E-state index contributed by atoms with van der Waals surface area (Å²) in [6.07, 6.45) is 0. The Morgan fingerprint density at radius 1 is 0.931 bits per heavy atom. The van der Waals surface area contributed by atoms with Crippen molar-refractivity contribution < 1.29 is 21.4 Å². The number of halogens is 1. The standard InChI is InChI=1S/C22H15FO5S/c1-14-19-13-17(28-29(25,26)18-10-7-16(23)8-11-18)9-12-20(19)27-22(24)21(14)15-5-3-2-4-6-15/h2-13H,1H3. The summed E-state index contributed by atoms with van der Waals surface area (Å²) in [4.78, 5) is 12.3. The lowest BCUT2D eigenvalue weighted by Crippen LogP contribution is -2.10. The molecule has 0 unspecified atom stereocenters. The van der Waals surface area contributed by atoms with Gasteiger partial charge in [-0.15, -0.1) is 0 Å². The molecule has 0 bridgehead atoms. The van der Waals surface area contributed by atoms with Gasteiger partial charge in [-0.3, -0.25) is 0 Å². The van der Waals surface area contributed by atoms with Gasteiger partial charge in [0, 0.05) is 5.39 Å². The SMILES string of the molecule is Cc1c(-c2ccccc2)c(=O)oc2ccc(OS(=O)(=O)c3ccc(F)cc3)cc12. The van der Waals surface area contributed by atoms with Gasteiger partial charge in [-0.2, -0.15) is 8.42 Å². The molecule has 0 radical (unpaired) electrons. The molecule has 1 heterocycles. The van der Waals surface area contributed by atoms with Gasteiger partial charge in [-0.05, 0) is 60.5 Å². The molecule has 146 valence electrons. The van der Waals surface area contributed by atoms with Crippen molar-refractivity contribution in [3.05, 3.63) is 94.6 Å². The molecule has 0 N–H and O–H groups in total. The molecule has 0 atom stereocenters. The van der Waals surface area contributed by atoms with Gasteiger partial charge in [0.1, 0.15) is 22.0 Å². The molecule has 0 amide bonds. The van der Waals surface area contributed by atoms with Crippen molar-refractivity contribution in [1.82, 2.24) is 0 Å². The summed E-state index contributed by atoms with van der Waals surface area (Å²) < 4.78 is 48.6. The summed E-state index contributed by atoms with van der Waals surface area (Å²) in [5.41, 5.74) is 1.59. The smallest absolute Gasteiger partial charge is 0.344 e. The fourth-order valence-corrected chi connectivity index (χ4v) is 4.02. The lowest BCUT2D eigenvalue weighted by molar-refractivity contribution is 0.485. The molecule has 0 spiro atoms. The minimum Gasteiger partial charge on any atom is -0.422 e. The topological polar surface area (TPSA) is 73.6 Å². The first-order chi connectivity index (χ1) is 13.8. The van der Waals surface area contributed by atoms with Gasteiger partial charge in [0.15, 0.2) is 0 Å². The summed E-state index contributed by atoms with van der Waals surface area (Å²) in [5, 5.41) is 0.551. The van der Waals surface area contributed by atoms with Crippen LogP contribution in [0.3, 0.4) is 0 Å². The van der Waals surface area contributed by atoms with Crippen LogP contribution in [0.15, 0.2) is 86.9 Å². The van der Waals surface area contributed by atoms with E-state index in [-0.39, 0.29) is 10.6 Å². The first-order valence-electron chi connectivity index (χ1n) is 8.68. The first kappa shape index (κ1) is 18.9. The molecule has 0 aliphatic rings. The van der Waals surface area contributed by atoms with Crippen LogP contribution in [0, 0.1) is 12.7 Å².